The first-order chi connectivity index (χ1) is 14.9. The number of rotatable bonds is 5. The van der Waals surface area contributed by atoms with Gasteiger partial charge < -0.3 is 10.1 Å². The lowest BCUT2D eigenvalue weighted by atomic mass is 10.0. The fraction of sp³-hybridized carbons (Fsp3) is 0.240. The van der Waals surface area contributed by atoms with Crippen molar-refractivity contribution < 1.29 is 9.53 Å². The monoisotopic (exact) mass is 414 g/mol. The fourth-order valence-corrected chi connectivity index (χ4v) is 3.39. The lowest BCUT2D eigenvalue weighted by molar-refractivity contribution is 0.0523. The first kappa shape index (κ1) is 20.6. The van der Waals surface area contributed by atoms with Crippen molar-refractivity contribution in [2.45, 2.75) is 39.5 Å². The minimum Gasteiger partial charge on any atom is -0.444 e. The van der Waals surface area contributed by atoms with Gasteiger partial charge in [-0.1, -0.05) is 71.9 Å². The van der Waals surface area contributed by atoms with Gasteiger partial charge in [0.1, 0.15) is 11.3 Å². The quantitative estimate of drug-likeness (QED) is 0.489. The number of hydrogen-bond donors (Lipinski definition) is 1. The Kier molecular flexibility index (Phi) is 5.71. The highest BCUT2D eigenvalue weighted by Gasteiger charge is 2.15. The number of fused-ring (bicyclic) bond motifs is 1. The molecule has 4 aromatic rings. The SMILES string of the molecule is CC(C)(C)OC(=O)NCc1ccc(Cn2cc(-c3cccc4ccccc34)nn2)cc1. The van der Waals surface area contributed by atoms with Gasteiger partial charge in [-0.3, -0.25) is 0 Å². The summed E-state index contributed by atoms with van der Waals surface area (Å²) in [6, 6.07) is 22.6. The largest absolute Gasteiger partial charge is 0.444 e. The van der Waals surface area contributed by atoms with Gasteiger partial charge >= 0.3 is 6.09 Å². The first-order valence-corrected chi connectivity index (χ1v) is 10.3. The molecule has 0 aliphatic heterocycles. The Morgan fingerprint density at radius 1 is 0.968 bits per heavy atom. The molecule has 0 spiro atoms. The zero-order valence-electron chi connectivity index (χ0n) is 18.0. The maximum Gasteiger partial charge on any atom is 0.407 e. The summed E-state index contributed by atoms with van der Waals surface area (Å²) in [6.45, 7) is 6.58. The Hall–Kier alpha value is -3.67. The molecule has 1 heterocycles. The smallest absolute Gasteiger partial charge is 0.407 e. The van der Waals surface area contributed by atoms with E-state index in [1.54, 1.807) is 0 Å². The number of nitrogens with zero attached hydrogens (tertiary/aromatic N) is 3. The minimum absolute atomic E-state index is 0.417. The molecule has 4 rings (SSSR count). The van der Waals surface area contributed by atoms with Crippen LogP contribution in [-0.2, 0) is 17.8 Å². The van der Waals surface area contributed by atoms with Gasteiger partial charge in [0.05, 0.1) is 12.7 Å². The van der Waals surface area contributed by atoms with Crippen molar-refractivity contribution in [1.29, 1.82) is 0 Å². The van der Waals surface area contributed by atoms with E-state index in [-0.39, 0.29) is 0 Å². The van der Waals surface area contributed by atoms with E-state index < -0.39 is 11.7 Å². The second-order valence-electron chi connectivity index (χ2n) is 8.50. The number of amides is 1. The summed E-state index contributed by atoms with van der Waals surface area (Å²) < 4.78 is 7.10. The van der Waals surface area contributed by atoms with E-state index >= 15 is 0 Å². The molecule has 0 atom stereocenters. The molecule has 0 unspecified atom stereocenters. The van der Waals surface area contributed by atoms with E-state index in [4.69, 9.17) is 4.74 Å². The second-order valence-corrected chi connectivity index (χ2v) is 8.50. The molecular formula is C25H26N4O2. The van der Waals surface area contributed by atoms with Crippen molar-refractivity contribution >= 4 is 16.9 Å². The molecule has 31 heavy (non-hydrogen) atoms. The van der Waals surface area contributed by atoms with Crippen molar-refractivity contribution in [1.82, 2.24) is 20.3 Å². The summed E-state index contributed by atoms with van der Waals surface area (Å²) in [5.74, 6) is 0. The number of benzene rings is 3. The van der Waals surface area contributed by atoms with Crippen LogP contribution in [-0.4, -0.2) is 26.7 Å². The second kappa shape index (κ2) is 8.60. The summed E-state index contributed by atoms with van der Waals surface area (Å²) in [5, 5.41) is 13.8. The van der Waals surface area contributed by atoms with Gasteiger partial charge in [0.15, 0.2) is 0 Å². The van der Waals surface area contributed by atoms with Crippen LogP contribution in [0.4, 0.5) is 4.79 Å². The molecule has 3 aromatic carbocycles. The van der Waals surface area contributed by atoms with E-state index in [2.05, 4.69) is 39.9 Å². The van der Waals surface area contributed by atoms with E-state index in [0.717, 1.165) is 22.4 Å². The first-order valence-electron chi connectivity index (χ1n) is 10.3. The van der Waals surface area contributed by atoms with Crippen LogP contribution in [0.1, 0.15) is 31.9 Å². The molecule has 6 heteroatoms. The predicted octanol–water partition coefficient (Wildman–Crippen LogP) is 5.17. The molecule has 1 amide bonds. The predicted molar refractivity (Wildman–Crippen MR) is 122 cm³/mol. The number of aromatic nitrogens is 3. The molecular weight excluding hydrogens is 388 g/mol. The zero-order chi connectivity index (χ0) is 21.8. The van der Waals surface area contributed by atoms with Crippen molar-refractivity contribution in [3.63, 3.8) is 0 Å². The van der Waals surface area contributed by atoms with Gasteiger partial charge in [-0.15, -0.1) is 5.10 Å². The lowest BCUT2D eigenvalue weighted by Crippen LogP contribution is -2.32. The number of carbonyl (C=O) groups excluding carboxylic acids is 1. The molecule has 0 radical (unpaired) electrons. The summed E-state index contributed by atoms with van der Waals surface area (Å²) in [6.07, 6.45) is 1.56. The Balaban J connectivity index is 1.40. The van der Waals surface area contributed by atoms with Gasteiger partial charge in [0.2, 0.25) is 0 Å². The molecule has 1 aromatic heterocycles. The average molecular weight is 415 g/mol. The van der Waals surface area contributed by atoms with Gasteiger partial charge in [-0.2, -0.15) is 0 Å². The lowest BCUT2D eigenvalue weighted by Gasteiger charge is -2.19. The van der Waals surface area contributed by atoms with Crippen LogP contribution in [0.5, 0.6) is 0 Å². The van der Waals surface area contributed by atoms with Crippen LogP contribution >= 0.6 is 0 Å². The third-order valence-electron chi connectivity index (χ3n) is 4.81. The van der Waals surface area contributed by atoms with Crippen molar-refractivity contribution in [2.75, 3.05) is 0 Å². The topological polar surface area (TPSA) is 69.0 Å². The average Bonchev–Trinajstić information content (AvgIpc) is 3.20. The zero-order valence-corrected chi connectivity index (χ0v) is 18.0. The van der Waals surface area contributed by atoms with Crippen molar-refractivity contribution in [3.8, 4) is 11.3 Å². The molecule has 1 N–H and O–H groups in total. The third kappa shape index (κ3) is 5.28. The normalized spacial score (nSPS) is 11.5. The van der Waals surface area contributed by atoms with Crippen molar-refractivity contribution in [2.24, 2.45) is 0 Å². The Morgan fingerprint density at radius 3 is 2.45 bits per heavy atom. The van der Waals surface area contributed by atoms with Gasteiger partial charge in [0.25, 0.3) is 0 Å². The highest BCUT2D eigenvalue weighted by atomic mass is 16.6. The maximum absolute atomic E-state index is 11.8. The Morgan fingerprint density at radius 2 is 1.68 bits per heavy atom. The molecule has 0 aliphatic carbocycles. The summed E-state index contributed by atoms with van der Waals surface area (Å²) in [7, 11) is 0. The standard InChI is InChI=1S/C25H26N4O2/c1-25(2,3)31-24(30)26-15-18-11-13-19(14-12-18)16-29-17-23(27-28-29)22-10-6-8-20-7-4-5-9-21(20)22/h4-14,17H,15-16H2,1-3H3,(H,26,30). The van der Waals surface area contributed by atoms with Crippen LogP contribution in [0.3, 0.4) is 0 Å². The summed E-state index contributed by atoms with van der Waals surface area (Å²) in [4.78, 5) is 11.8. The molecule has 0 fully saturated rings. The number of carbonyl (C=O) groups is 1. The molecule has 158 valence electrons. The Bertz CT molecular complexity index is 1180. The fourth-order valence-electron chi connectivity index (χ4n) is 3.39. The highest BCUT2D eigenvalue weighted by molar-refractivity contribution is 5.95. The highest BCUT2D eigenvalue weighted by Crippen LogP contribution is 2.26. The van der Waals surface area contributed by atoms with Crippen LogP contribution in [0.15, 0.2) is 72.9 Å². The molecule has 0 saturated carbocycles. The number of alkyl carbamates (subject to hydrolysis) is 1. The van der Waals surface area contributed by atoms with Crippen LogP contribution in [0.25, 0.3) is 22.0 Å². The Labute approximate surface area is 181 Å². The van der Waals surface area contributed by atoms with Crippen LogP contribution < -0.4 is 5.32 Å². The summed E-state index contributed by atoms with van der Waals surface area (Å²) in [5.41, 5.74) is 3.54. The molecule has 6 nitrogen and oxygen atoms in total. The van der Waals surface area contributed by atoms with E-state index in [1.807, 2.05) is 74.1 Å². The third-order valence-corrected chi connectivity index (χ3v) is 4.81. The van der Waals surface area contributed by atoms with Crippen LogP contribution in [0.2, 0.25) is 0 Å². The van der Waals surface area contributed by atoms with Gasteiger partial charge in [-0.05, 0) is 42.7 Å². The van der Waals surface area contributed by atoms with E-state index in [0.29, 0.717) is 13.1 Å². The maximum atomic E-state index is 11.8. The minimum atomic E-state index is -0.503. The molecule has 0 aliphatic rings. The van der Waals surface area contributed by atoms with E-state index in [9.17, 15) is 4.79 Å². The van der Waals surface area contributed by atoms with E-state index in [1.165, 1.54) is 10.8 Å². The summed E-state index contributed by atoms with van der Waals surface area (Å²) >= 11 is 0. The van der Waals surface area contributed by atoms with Gasteiger partial charge in [-0.25, -0.2) is 9.48 Å². The van der Waals surface area contributed by atoms with Gasteiger partial charge in [0, 0.05) is 12.1 Å². The number of nitrogens with one attached hydrogen (secondary N) is 1. The van der Waals surface area contributed by atoms with Crippen molar-refractivity contribution in [3.05, 3.63) is 84.1 Å². The number of hydrogen-bond acceptors (Lipinski definition) is 4. The molecule has 0 saturated heterocycles. The van der Waals surface area contributed by atoms with Crippen LogP contribution in [0, 0.1) is 0 Å². The number of ether oxygens (including phenoxy) is 1. The molecule has 0 bridgehead atoms.